The summed E-state index contributed by atoms with van der Waals surface area (Å²) in [7, 11) is 0. The van der Waals surface area contributed by atoms with E-state index < -0.39 is 5.97 Å². The highest BCUT2D eigenvalue weighted by Crippen LogP contribution is 2.31. The van der Waals surface area contributed by atoms with E-state index in [-0.39, 0.29) is 5.82 Å². The van der Waals surface area contributed by atoms with Crippen molar-refractivity contribution in [3.63, 3.8) is 0 Å². The first kappa shape index (κ1) is 13.6. The second kappa shape index (κ2) is 5.87. The van der Waals surface area contributed by atoms with Crippen LogP contribution in [0.3, 0.4) is 0 Å². The van der Waals surface area contributed by atoms with Crippen LogP contribution in [0.25, 0.3) is 6.08 Å². The van der Waals surface area contributed by atoms with Gasteiger partial charge in [0.05, 0.1) is 0 Å². The monoisotopic (exact) mass is 263 g/mol. The number of carbonyl (C=O) groups is 1. The molecule has 102 valence electrons. The van der Waals surface area contributed by atoms with Gasteiger partial charge >= 0.3 is 5.97 Å². The van der Waals surface area contributed by atoms with Crippen LogP contribution in [0.15, 0.2) is 24.3 Å². The molecule has 1 N–H and O–H groups in total. The molecule has 1 unspecified atom stereocenters. The van der Waals surface area contributed by atoms with E-state index in [1.54, 1.807) is 6.07 Å². The zero-order chi connectivity index (χ0) is 13.8. The topological polar surface area (TPSA) is 40.5 Å². The second-order valence-electron chi connectivity index (χ2n) is 4.77. The average Bonchev–Trinajstić information content (AvgIpc) is 2.84. The van der Waals surface area contributed by atoms with Gasteiger partial charge < -0.3 is 10.0 Å². The Morgan fingerprint density at radius 1 is 1.58 bits per heavy atom. The number of carboxylic acid groups (broad SMARTS) is 1. The van der Waals surface area contributed by atoms with E-state index in [1.165, 1.54) is 18.2 Å². The number of benzene rings is 1. The molecular weight excluding hydrogens is 245 g/mol. The van der Waals surface area contributed by atoms with Gasteiger partial charge in [-0.3, -0.25) is 0 Å². The zero-order valence-electron chi connectivity index (χ0n) is 11.0. The van der Waals surface area contributed by atoms with Crippen molar-refractivity contribution in [1.29, 1.82) is 0 Å². The van der Waals surface area contributed by atoms with Gasteiger partial charge in [0, 0.05) is 29.9 Å². The van der Waals surface area contributed by atoms with E-state index in [9.17, 15) is 9.18 Å². The van der Waals surface area contributed by atoms with Crippen molar-refractivity contribution < 1.29 is 14.3 Å². The highest BCUT2D eigenvalue weighted by molar-refractivity contribution is 5.87. The third kappa shape index (κ3) is 3.13. The predicted octanol–water partition coefficient (Wildman–Crippen LogP) is 3.30. The summed E-state index contributed by atoms with van der Waals surface area (Å²) in [6, 6.07) is 5.02. The Hall–Kier alpha value is -1.84. The summed E-state index contributed by atoms with van der Waals surface area (Å²) in [6.45, 7) is 3.08. The third-order valence-electron chi connectivity index (χ3n) is 3.55. The van der Waals surface area contributed by atoms with Gasteiger partial charge in [-0.2, -0.15) is 0 Å². The fourth-order valence-corrected chi connectivity index (χ4v) is 2.66. The first-order valence-corrected chi connectivity index (χ1v) is 6.59. The molecule has 1 atom stereocenters. The van der Waals surface area contributed by atoms with Crippen LogP contribution >= 0.6 is 0 Å². The smallest absolute Gasteiger partial charge is 0.328 e. The first-order valence-electron chi connectivity index (χ1n) is 6.59. The van der Waals surface area contributed by atoms with Gasteiger partial charge in [-0.05, 0) is 43.5 Å². The van der Waals surface area contributed by atoms with Gasteiger partial charge in [0.1, 0.15) is 5.82 Å². The number of aliphatic carboxylic acids is 1. The van der Waals surface area contributed by atoms with E-state index in [4.69, 9.17) is 5.11 Å². The van der Waals surface area contributed by atoms with Crippen molar-refractivity contribution in [2.45, 2.75) is 32.2 Å². The zero-order valence-corrected chi connectivity index (χ0v) is 11.0. The molecule has 1 aromatic carbocycles. The largest absolute Gasteiger partial charge is 0.478 e. The summed E-state index contributed by atoms with van der Waals surface area (Å²) in [5.41, 5.74) is 1.55. The lowest BCUT2D eigenvalue weighted by Crippen LogP contribution is -2.29. The molecule has 1 heterocycles. The maximum atomic E-state index is 13.3. The molecule has 0 aromatic heterocycles. The molecule has 0 spiro atoms. The van der Waals surface area contributed by atoms with E-state index in [2.05, 4.69) is 11.8 Å². The molecule has 0 radical (unpaired) electrons. The SMILES string of the molecule is CCC1CCCN1c1ccc(F)cc1/C=C/C(=O)O. The first-order chi connectivity index (χ1) is 9.11. The van der Waals surface area contributed by atoms with Gasteiger partial charge in [-0.15, -0.1) is 0 Å². The quantitative estimate of drug-likeness (QED) is 0.847. The average molecular weight is 263 g/mol. The second-order valence-corrected chi connectivity index (χ2v) is 4.77. The van der Waals surface area contributed by atoms with Gasteiger partial charge in [0.25, 0.3) is 0 Å². The minimum Gasteiger partial charge on any atom is -0.478 e. The molecule has 0 saturated carbocycles. The fraction of sp³-hybridized carbons (Fsp3) is 0.400. The molecule has 4 heteroatoms. The van der Waals surface area contributed by atoms with Crippen LogP contribution in [-0.4, -0.2) is 23.7 Å². The maximum Gasteiger partial charge on any atom is 0.328 e. The number of anilines is 1. The number of nitrogens with zero attached hydrogens (tertiary/aromatic N) is 1. The summed E-state index contributed by atoms with van der Waals surface area (Å²) < 4.78 is 13.3. The van der Waals surface area contributed by atoms with Crippen LogP contribution in [0.5, 0.6) is 0 Å². The van der Waals surface area contributed by atoms with Crippen molar-refractivity contribution in [2.24, 2.45) is 0 Å². The van der Waals surface area contributed by atoms with Gasteiger partial charge in [-0.25, -0.2) is 9.18 Å². The Bertz CT molecular complexity index is 499. The summed E-state index contributed by atoms with van der Waals surface area (Å²) in [4.78, 5) is 12.9. The number of rotatable bonds is 4. The minimum absolute atomic E-state index is 0.346. The van der Waals surface area contributed by atoms with E-state index >= 15 is 0 Å². The molecule has 1 aliphatic rings. The van der Waals surface area contributed by atoms with Crippen molar-refractivity contribution in [3.8, 4) is 0 Å². The normalized spacial score (nSPS) is 19.3. The van der Waals surface area contributed by atoms with Crippen molar-refractivity contribution in [3.05, 3.63) is 35.7 Å². The molecule has 0 aliphatic carbocycles. The molecule has 1 aromatic rings. The predicted molar refractivity (Wildman–Crippen MR) is 73.7 cm³/mol. The fourth-order valence-electron chi connectivity index (χ4n) is 2.66. The van der Waals surface area contributed by atoms with Crippen LogP contribution in [-0.2, 0) is 4.79 Å². The van der Waals surface area contributed by atoms with E-state index in [0.717, 1.165) is 37.6 Å². The lowest BCUT2D eigenvalue weighted by molar-refractivity contribution is -0.131. The Labute approximate surface area is 112 Å². The van der Waals surface area contributed by atoms with Crippen LogP contribution < -0.4 is 4.90 Å². The lowest BCUT2D eigenvalue weighted by atomic mass is 10.1. The maximum absolute atomic E-state index is 13.3. The number of carboxylic acids is 1. The molecule has 0 bridgehead atoms. The minimum atomic E-state index is -1.02. The van der Waals surface area contributed by atoms with Crippen LogP contribution in [0, 0.1) is 5.82 Å². The van der Waals surface area contributed by atoms with Gasteiger partial charge in [-0.1, -0.05) is 6.92 Å². The number of hydrogen-bond donors (Lipinski definition) is 1. The standard InChI is InChI=1S/C15H18FNO2/c1-2-13-4-3-9-17(13)14-7-6-12(16)10-11(14)5-8-15(18)19/h5-8,10,13H,2-4,9H2,1H3,(H,18,19)/b8-5+. The molecule has 3 nitrogen and oxygen atoms in total. The van der Waals surface area contributed by atoms with E-state index in [0.29, 0.717) is 11.6 Å². The summed E-state index contributed by atoms with van der Waals surface area (Å²) in [5.74, 6) is -1.37. The molecule has 2 rings (SSSR count). The van der Waals surface area contributed by atoms with Crippen LogP contribution in [0.1, 0.15) is 31.7 Å². The molecule has 1 aliphatic heterocycles. The number of hydrogen-bond acceptors (Lipinski definition) is 2. The Kier molecular flexibility index (Phi) is 4.20. The molecule has 1 fully saturated rings. The molecule has 1 saturated heterocycles. The Morgan fingerprint density at radius 2 is 2.37 bits per heavy atom. The number of halogens is 1. The summed E-state index contributed by atoms with van der Waals surface area (Å²) in [5, 5.41) is 8.70. The van der Waals surface area contributed by atoms with E-state index in [1.807, 2.05) is 0 Å². The summed E-state index contributed by atoms with van der Waals surface area (Å²) >= 11 is 0. The van der Waals surface area contributed by atoms with Crippen molar-refractivity contribution in [1.82, 2.24) is 0 Å². The van der Waals surface area contributed by atoms with Crippen molar-refractivity contribution >= 4 is 17.7 Å². The summed E-state index contributed by atoms with van der Waals surface area (Å²) in [6.07, 6.45) is 5.81. The third-order valence-corrected chi connectivity index (χ3v) is 3.55. The molecular formula is C15H18FNO2. The molecule has 19 heavy (non-hydrogen) atoms. The highest BCUT2D eigenvalue weighted by atomic mass is 19.1. The van der Waals surface area contributed by atoms with Gasteiger partial charge in [0.2, 0.25) is 0 Å². The Balaban J connectivity index is 2.36. The van der Waals surface area contributed by atoms with Crippen LogP contribution in [0.2, 0.25) is 0 Å². The molecule has 0 amide bonds. The van der Waals surface area contributed by atoms with Gasteiger partial charge in [0.15, 0.2) is 0 Å². The van der Waals surface area contributed by atoms with Crippen molar-refractivity contribution in [2.75, 3.05) is 11.4 Å². The highest BCUT2D eigenvalue weighted by Gasteiger charge is 2.24. The Morgan fingerprint density at radius 3 is 3.05 bits per heavy atom. The van der Waals surface area contributed by atoms with Crippen LogP contribution in [0.4, 0.5) is 10.1 Å². The lowest BCUT2D eigenvalue weighted by Gasteiger charge is -2.27.